The van der Waals surface area contributed by atoms with Gasteiger partial charge in [-0.2, -0.15) is 0 Å². The number of para-hydroxylation sites is 3. The van der Waals surface area contributed by atoms with Crippen molar-refractivity contribution in [2.24, 2.45) is 0 Å². The van der Waals surface area contributed by atoms with Crippen molar-refractivity contribution in [3.63, 3.8) is 0 Å². The number of carbonyl (C=O) groups excluding carboxylic acids is 2. The van der Waals surface area contributed by atoms with Gasteiger partial charge in [0.25, 0.3) is 5.91 Å². The summed E-state index contributed by atoms with van der Waals surface area (Å²) in [4.78, 5) is 26.6. The van der Waals surface area contributed by atoms with Crippen LogP contribution in [0.4, 0.5) is 5.69 Å². The van der Waals surface area contributed by atoms with Crippen molar-refractivity contribution in [1.82, 2.24) is 4.90 Å². The SMILES string of the molecule is O=C(Nc1ccccc1Oc1ccccc1Cl)c1cccc(CN2CCCC2=O)c1. The van der Waals surface area contributed by atoms with Crippen LogP contribution in [0.15, 0.2) is 72.8 Å². The summed E-state index contributed by atoms with van der Waals surface area (Å²) in [5.74, 6) is 0.922. The van der Waals surface area contributed by atoms with Crippen LogP contribution in [0.5, 0.6) is 11.5 Å². The molecule has 0 aromatic heterocycles. The van der Waals surface area contributed by atoms with E-state index < -0.39 is 0 Å². The number of nitrogens with zero attached hydrogens (tertiary/aromatic N) is 1. The molecule has 152 valence electrons. The van der Waals surface area contributed by atoms with Crippen LogP contribution in [-0.4, -0.2) is 23.3 Å². The molecule has 2 amide bonds. The van der Waals surface area contributed by atoms with Crippen molar-refractivity contribution < 1.29 is 14.3 Å². The van der Waals surface area contributed by atoms with Gasteiger partial charge in [0, 0.05) is 25.1 Å². The van der Waals surface area contributed by atoms with Gasteiger partial charge in [-0.05, 0) is 48.4 Å². The lowest BCUT2D eigenvalue weighted by molar-refractivity contribution is -0.128. The molecule has 1 N–H and O–H groups in total. The predicted octanol–water partition coefficient (Wildman–Crippen LogP) is 5.51. The van der Waals surface area contributed by atoms with E-state index in [1.54, 1.807) is 30.3 Å². The van der Waals surface area contributed by atoms with E-state index in [9.17, 15) is 9.59 Å². The molecule has 6 heteroatoms. The summed E-state index contributed by atoms with van der Waals surface area (Å²) in [5, 5.41) is 3.40. The van der Waals surface area contributed by atoms with Crippen molar-refractivity contribution in [2.45, 2.75) is 19.4 Å². The van der Waals surface area contributed by atoms with Gasteiger partial charge in [-0.25, -0.2) is 0 Å². The van der Waals surface area contributed by atoms with Gasteiger partial charge in [0.15, 0.2) is 5.75 Å². The third-order valence-electron chi connectivity index (χ3n) is 4.93. The molecule has 0 aliphatic carbocycles. The molecular formula is C24H21ClN2O3. The van der Waals surface area contributed by atoms with E-state index in [4.69, 9.17) is 16.3 Å². The summed E-state index contributed by atoms with van der Waals surface area (Å²) in [6.45, 7) is 1.29. The van der Waals surface area contributed by atoms with Crippen LogP contribution in [0.3, 0.4) is 0 Å². The first kappa shape index (κ1) is 20.0. The second kappa shape index (κ2) is 9.01. The number of nitrogens with one attached hydrogen (secondary N) is 1. The number of hydrogen-bond donors (Lipinski definition) is 1. The predicted molar refractivity (Wildman–Crippen MR) is 117 cm³/mol. The molecule has 1 heterocycles. The van der Waals surface area contributed by atoms with Gasteiger partial charge >= 0.3 is 0 Å². The minimum Gasteiger partial charge on any atom is -0.454 e. The van der Waals surface area contributed by atoms with Gasteiger partial charge in [-0.3, -0.25) is 9.59 Å². The van der Waals surface area contributed by atoms with E-state index in [1.165, 1.54) is 0 Å². The van der Waals surface area contributed by atoms with Crippen LogP contribution in [0.25, 0.3) is 0 Å². The van der Waals surface area contributed by atoms with E-state index in [-0.39, 0.29) is 11.8 Å². The van der Waals surface area contributed by atoms with E-state index in [2.05, 4.69) is 5.32 Å². The van der Waals surface area contributed by atoms with Crippen molar-refractivity contribution in [2.75, 3.05) is 11.9 Å². The molecule has 3 aromatic rings. The molecule has 0 atom stereocenters. The number of benzene rings is 3. The third-order valence-corrected chi connectivity index (χ3v) is 5.24. The monoisotopic (exact) mass is 420 g/mol. The van der Waals surface area contributed by atoms with Crippen molar-refractivity contribution >= 4 is 29.1 Å². The number of ether oxygens (including phenoxy) is 1. The summed E-state index contributed by atoms with van der Waals surface area (Å²) in [6.07, 6.45) is 1.49. The zero-order chi connectivity index (χ0) is 20.9. The topological polar surface area (TPSA) is 58.6 Å². The second-order valence-electron chi connectivity index (χ2n) is 7.10. The van der Waals surface area contributed by atoms with Crippen molar-refractivity contribution in [3.05, 3.63) is 88.9 Å². The zero-order valence-corrected chi connectivity index (χ0v) is 17.1. The zero-order valence-electron chi connectivity index (χ0n) is 16.3. The number of hydrogen-bond acceptors (Lipinski definition) is 3. The molecule has 4 rings (SSSR count). The Morgan fingerprint density at radius 3 is 2.53 bits per heavy atom. The van der Waals surface area contributed by atoms with Gasteiger partial charge in [-0.15, -0.1) is 0 Å². The molecule has 30 heavy (non-hydrogen) atoms. The Morgan fingerprint density at radius 2 is 1.77 bits per heavy atom. The molecule has 1 fully saturated rings. The Kier molecular flexibility index (Phi) is 6.00. The standard InChI is InChI=1S/C24H21ClN2O3/c25-19-9-1-3-11-21(19)30-22-12-4-2-10-20(22)26-24(29)18-8-5-7-17(15-18)16-27-14-6-13-23(27)28/h1-5,7-12,15H,6,13-14,16H2,(H,26,29). The summed E-state index contributed by atoms with van der Waals surface area (Å²) >= 11 is 6.19. The van der Waals surface area contributed by atoms with E-state index in [0.29, 0.717) is 40.7 Å². The first-order chi connectivity index (χ1) is 14.6. The first-order valence-corrected chi connectivity index (χ1v) is 10.2. The maximum absolute atomic E-state index is 12.9. The molecule has 0 unspecified atom stereocenters. The Labute approximate surface area is 180 Å². The Bertz CT molecular complexity index is 1080. The van der Waals surface area contributed by atoms with E-state index >= 15 is 0 Å². The maximum atomic E-state index is 12.9. The number of amides is 2. The fourth-order valence-corrected chi connectivity index (χ4v) is 3.58. The number of rotatable bonds is 6. The lowest BCUT2D eigenvalue weighted by Gasteiger charge is -2.16. The fraction of sp³-hybridized carbons (Fsp3) is 0.167. The fourth-order valence-electron chi connectivity index (χ4n) is 3.40. The molecule has 3 aromatic carbocycles. The van der Waals surface area contributed by atoms with Crippen LogP contribution in [0.2, 0.25) is 5.02 Å². The van der Waals surface area contributed by atoms with Crippen LogP contribution < -0.4 is 10.1 Å². The van der Waals surface area contributed by atoms with Crippen LogP contribution >= 0.6 is 11.6 Å². The summed E-state index contributed by atoms with van der Waals surface area (Å²) < 4.78 is 5.91. The smallest absolute Gasteiger partial charge is 0.255 e. The molecule has 1 aliphatic heterocycles. The highest BCUT2D eigenvalue weighted by molar-refractivity contribution is 6.32. The third kappa shape index (κ3) is 4.63. The van der Waals surface area contributed by atoms with Gasteiger partial charge in [0.1, 0.15) is 5.75 Å². The Hall–Kier alpha value is -3.31. The highest BCUT2D eigenvalue weighted by Gasteiger charge is 2.20. The average molecular weight is 421 g/mol. The largest absolute Gasteiger partial charge is 0.454 e. The van der Waals surface area contributed by atoms with Crippen LogP contribution in [0, 0.1) is 0 Å². The number of likely N-dealkylation sites (tertiary alicyclic amines) is 1. The van der Waals surface area contributed by atoms with Gasteiger partial charge in [0.2, 0.25) is 5.91 Å². The van der Waals surface area contributed by atoms with Gasteiger partial charge in [-0.1, -0.05) is 48.0 Å². The summed E-state index contributed by atoms with van der Waals surface area (Å²) in [7, 11) is 0. The number of halogens is 1. The molecule has 0 bridgehead atoms. The lowest BCUT2D eigenvalue weighted by Crippen LogP contribution is -2.24. The average Bonchev–Trinajstić information content (AvgIpc) is 3.15. The highest BCUT2D eigenvalue weighted by atomic mass is 35.5. The van der Waals surface area contributed by atoms with Gasteiger partial charge < -0.3 is 15.0 Å². The lowest BCUT2D eigenvalue weighted by atomic mass is 10.1. The quantitative estimate of drug-likeness (QED) is 0.572. The Morgan fingerprint density at radius 1 is 1.00 bits per heavy atom. The maximum Gasteiger partial charge on any atom is 0.255 e. The minimum absolute atomic E-state index is 0.163. The van der Waals surface area contributed by atoms with E-state index in [1.807, 2.05) is 47.4 Å². The summed E-state index contributed by atoms with van der Waals surface area (Å²) in [6, 6.07) is 21.7. The van der Waals surface area contributed by atoms with Gasteiger partial charge in [0.05, 0.1) is 10.7 Å². The summed E-state index contributed by atoms with van der Waals surface area (Å²) in [5.41, 5.74) is 1.99. The molecule has 0 spiro atoms. The highest BCUT2D eigenvalue weighted by Crippen LogP contribution is 2.33. The van der Waals surface area contributed by atoms with Crippen molar-refractivity contribution in [1.29, 1.82) is 0 Å². The molecule has 0 radical (unpaired) electrons. The first-order valence-electron chi connectivity index (χ1n) is 9.79. The molecular weight excluding hydrogens is 400 g/mol. The van der Waals surface area contributed by atoms with E-state index in [0.717, 1.165) is 18.5 Å². The molecule has 5 nitrogen and oxygen atoms in total. The second-order valence-corrected chi connectivity index (χ2v) is 7.51. The normalized spacial score (nSPS) is 13.4. The molecule has 0 saturated carbocycles. The number of carbonyl (C=O) groups is 2. The van der Waals surface area contributed by atoms with Crippen LogP contribution in [0.1, 0.15) is 28.8 Å². The molecule has 1 aliphatic rings. The van der Waals surface area contributed by atoms with Crippen LogP contribution in [-0.2, 0) is 11.3 Å². The van der Waals surface area contributed by atoms with Crippen molar-refractivity contribution in [3.8, 4) is 11.5 Å². The minimum atomic E-state index is -0.250. The number of anilines is 1. The Balaban J connectivity index is 1.50. The molecule has 1 saturated heterocycles.